The van der Waals surface area contributed by atoms with Crippen molar-refractivity contribution in [3.8, 4) is 0 Å². The number of carbonyl (C=O) groups is 2. The van der Waals surface area contributed by atoms with Gasteiger partial charge in [-0.3, -0.25) is 4.79 Å². The number of hydrogen-bond acceptors (Lipinski definition) is 4. The van der Waals surface area contributed by atoms with E-state index in [-0.39, 0.29) is 24.4 Å². The van der Waals surface area contributed by atoms with Crippen LogP contribution in [-0.2, 0) is 16.1 Å². The standard InChI is InChI=1S/C14H21N3O4/c15-13(18)8-12(10-3-6-20-7-4-10)17-14(19)16-9-11-2-1-5-21-11/h1-2,5,10,12H,3-4,6-9H2,(H2,15,18)(H2,16,17,19). The molecular formula is C14H21N3O4. The van der Waals surface area contributed by atoms with Crippen molar-refractivity contribution in [1.29, 1.82) is 0 Å². The second-order valence-electron chi connectivity index (χ2n) is 5.13. The summed E-state index contributed by atoms with van der Waals surface area (Å²) in [7, 11) is 0. The zero-order valence-electron chi connectivity index (χ0n) is 11.8. The Morgan fingerprint density at radius 1 is 1.38 bits per heavy atom. The maximum absolute atomic E-state index is 11.9. The van der Waals surface area contributed by atoms with Gasteiger partial charge in [0.2, 0.25) is 5.91 Å². The summed E-state index contributed by atoms with van der Waals surface area (Å²) in [5.74, 6) is 0.459. The second-order valence-corrected chi connectivity index (χ2v) is 5.13. The highest BCUT2D eigenvalue weighted by Gasteiger charge is 2.26. The molecule has 0 aliphatic carbocycles. The number of amides is 3. The van der Waals surface area contributed by atoms with E-state index in [4.69, 9.17) is 14.9 Å². The molecule has 116 valence electrons. The van der Waals surface area contributed by atoms with E-state index in [1.807, 2.05) is 0 Å². The van der Waals surface area contributed by atoms with Crippen LogP contribution >= 0.6 is 0 Å². The van der Waals surface area contributed by atoms with Crippen LogP contribution in [0.2, 0.25) is 0 Å². The van der Waals surface area contributed by atoms with Gasteiger partial charge in [0.25, 0.3) is 0 Å². The number of rotatable bonds is 6. The summed E-state index contributed by atoms with van der Waals surface area (Å²) in [5.41, 5.74) is 5.27. The summed E-state index contributed by atoms with van der Waals surface area (Å²) >= 11 is 0. The molecule has 2 rings (SSSR count). The SMILES string of the molecule is NC(=O)CC(NC(=O)NCc1ccco1)C1CCOCC1. The van der Waals surface area contributed by atoms with Gasteiger partial charge in [-0.25, -0.2) is 4.79 Å². The van der Waals surface area contributed by atoms with Gasteiger partial charge >= 0.3 is 6.03 Å². The molecule has 3 amide bonds. The Balaban J connectivity index is 1.84. The molecule has 1 atom stereocenters. The Morgan fingerprint density at radius 3 is 2.76 bits per heavy atom. The average Bonchev–Trinajstić information content (AvgIpc) is 2.98. The molecule has 1 fully saturated rings. The van der Waals surface area contributed by atoms with Crippen LogP contribution in [0.1, 0.15) is 25.0 Å². The van der Waals surface area contributed by atoms with Crippen LogP contribution in [0.4, 0.5) is 4.79 Å². The molecule has 1 aromatic rings. The first-order valence-electron chi connectivity index (χ1n) is 7.08. The first kappa shape index (κ1) is 15.4. The molecule has 0 saturated carbocycles. The predicted octanol–water partition coefficient (Wildman–Crippen LogP) is 0.749. The zero-order chi connectivity index (χ0) is 15.1. The molecule has 0 spiro atoms. The monoisotopic (exact) mass is 295 g/mol. The van der Waals surface area contributed by atoms with Gasteiger partial charge in [0.1, 0.15) is 5.76 Å². The molecule has 7 nitrogen and oxygen atoms in total. The Hall–Kier alpha value is -2.02. The van der Waals surface area contributed by atoms with Gasteiger partial charge < -0.3 is 25.5 Å². The average molecular weight is 295 g/mol. The van der Waals surface area contributed by atoms with E-state index in [0.29, 0.717) is 25.5 Å². The summed E-state index contributed by atoms with van der Waals surface area (Å²) in [6, 6.07) is 2.94. The van der Waals surface area contributed by atoms with Crippen LogP contribution in [0.5, 0.6) is 0 Å². The van der Waals surface area contributed by atoms with Crippen LogP contribution in [0.25, 0.3) is 0 Å². The number of carbonyl (C=O) groups excluding carboxylic acids is 2. The molecular weight excluding hydrogens is 274 g/mol. The van der Waals surface area contributed by atoms with Gasteiger partial charge in [-0.05, 0) is 30.9 Å². The van der Waals surface area contributed by atoms with E-state index in [9.17, 15) is 9.59 Å². The van der Waals surface area contributed by atoms with Crippen molar-refractivity contribution in [2.75, 3.05) is 13.2 Å². The zero-order valence-corrected chi connectivity index (χ0v) is 11.8. The number of hydrogen-bond donors (Lipinski definition) is 3. The minimum atomic E-state index is -0.419. The van der Waals surface area contributed by atoms with Crippen molar-refractivity contribution in [3.05, 3.63) is 24.2 Å². The van der Waals surface area contributed by atoms with Crippen LogP contribution in [0.3, 0.4) is 0 Å². The fourth-order valence-electron chi connectivity index (χ4n) is 2.47. The lowest BCUT2D eigenvalue weighted by Gasteiger charge is -2.30. The molecule has 4 N–H and O–H groups in total. The van der Waals surface area contributed by atoms with Gasteiger partial charge in [0.15, 0.2) is 0 Å². The first-order valence-corrected chi connectivity index (χ1v) is 7.08. The quantitative estimate of drug-likeness (QED) is 0.720. The molecule has 1 aromatic heterocycles. The number of nitrogens with two attached hydrogens (primary N) is 1. The molecule has 7 heteroatoms. The van der Waals surface area contributed by atoms with Crippen LogP contribution in [-0.4, -0.2) is 31.2 Å². The number of furan rings is 1. The van der Waals surface area contributed by atoms with Crippen LogP contribution in [0.15, 0.2) is 22.8 Å². The highest BCUT2D eigenvalue weighted by molar-refractivity contribution is 5.77. The third-order valence-corrected chi connectivity index (χ3v) is 3.58. The van der Waals surface area contributed by atoms with E-state index in [0.717, 1.165) is 12.8 Å². The molecule has 2 heterocycles. The minimum Gasteiger partial charge on any atom is -0.467 e. The summed E-state index contributed by atoms with van der Waals surface area (Å²) < 4.78 is 10.4. The van der Waals surface area contributed by atoms with Gasteiger partial charge in [-0.15, -0.1) is 0 Å². The lowest BCUT2D eigenvalue weighted by molar-refractivity contribution is -0.118. The summed E-state index contributed by atoms with van der Waals surface area (Å²) in [6.45, 7) is 1.60. The summed E-state index contributed by atoms with van der Waals surface area (Å²) in [4.78, 5) is 23.1. The molecule has 0 bridgehead atoms. The van der Waals surface area contributed by atoms with Crippen molar-refractivity contribution < 1.29 is 18.7 Å². The molecule has 1 unspecified atom stereocenters. The van der Waals surface area contributed by atoms with Crippen molar-refractivity contribution >= 4 is 11.9 Å². The van der Waals surface area contributed by atoms with Gasteiger partial charge in [0.05, 0.1) is 12.8 Å². The van der Waals surface area contributed by atoms with E-state index >= 15 is 0 Å². The summed E-state index contributed by atoms with van der Waals surface area (Å²) in [5, 5.41) is 5.53. The van der Waals surface area contributed by atoms with E-state index < -0.39 is 5.91 Å². The predicted molar refractivity (Wildman–Crippen MR) is 75.2 cm³/mol. The first-order chi connectivity index (χ1) is 10.1. The Kier molecular flexibility index (Phi) is 5.62. The van der Waals surface area contributed by atoms with Crippen LogP contribution < -0.4 is 16.4 Å². The second kappa shape index (κ2) is 7.68. The Morgan fingerprint density at radius 2 is 2.14 bits per heavy atom. The molecule has 1 aliphatic rings. The molecule has 1 aliphatic heterocycles. The molecule has 21 heavy (non-hydrogen) atoms. The van der Waals surface area contributed by atoms with Crippen LogP contribution in [0, 0.1) is 5.92 Å². The van der Waals surface area contributed by atoms with Gasteiger partial charge in [-0.1, -0.05) is 0 Å². The number of nitrogens with one attached hydrogen (secondary N) is 2. The van der Waals surface area contributed by atoms with Crippen molar-refractivity contribution in [1.82, 2.24) is 10.6 Å². The van der Waals surface area contributed by atoms with Gasteiger partial charge in [-0.2, -0.15) is 0 Å². The number of primary amides is 1. The lowest BCUT2D eigenvalue weighted by Crippen LogP contribution is -2.48. The fourth-order valence-corrected chi connectivity index (χ4v) is 2.47. The third kappa shape index (κ3) is 5.11. The molecule has 1 saturated heterocycles. The normalized spacial score (nSPS) is 17.1. The fraction of sp³-hybridized carbons (Fsp3) is 0.571. The number of ether oxygens (including phenoxy) is 1. The van der Waals surface area contributed by atoms with Crippen molar-refractivity contribution in [3.63, 3.8) is 0 Å². The topological polar surface area (TPSA) is 107 Å². The maximum Gasteiger partial charge on any atom is 0.315 e. The number of urea groups is 1. The highest BCUT2D eigenvalue weighted by Crippen LogP contribution is 2.20. The maximum atomic E-state index is 11.9. The smallest absolute Gasteiger partial charge is 0.315 e. The van der Waals surface area contributed by atoms with E-state index in [1.54, 1.807) is 18.4 Å². The van der Waals surface area contributed by atoms with Crippen molar-refractivity contribution in [2.45, 2.75) is 31.8 Å². The highest BCUT2D eigenvalue weighted by atomic mass is 16.5. The van der Waals surface area contributed by atoms with E-state index in [1.165, 1.54) is 0 Å². The largest absolute Gasteiger partial charge is 0.467 e. The third-order valence-electron chi connectivity index (χ3n) is 3.58. The van der Waals surface area contributed by atoms with Gasteiger partial charge in [0, 0.05) is 25.7 Å². The van der Waals surface area contributed by atoms with Crippen molar-refractivity contribution in [2.24, 2.45) is 11.7 Å². The molecule has 0 aromatic carbocycles. The van der Waals surface area contributed by atoms with E-state index in [2.05, 4.69) is 10.6 Å². The Bertz CT molecular complexity index is 455. The summed E-state index contributed by atoms with van der Waals surface area (Å²) in [6.07, 6.45) is 3.32. The molecule has 0 radical (unpaired) electrons. The Labute approximate surface area is 123 Å². The lowest BCUT2D eigenvalue weighted by atomic mass is 9.89. The minimum absolute atomic E-state index is 0.138.